The zero-order chi connectivity index (χ0) is 20.6. The van der Waals surface area contributed by atoms with Gasteiger partial charge in [-0.05, 0) is 67.1 Å². The maximum atomic E-state index is 12.8. The number of ketones is 1. The van der Waals surface area contributed by atoms with E-state index in [0.717, 1.165) is 31.0 Å². The molecule has 1 N–H and O–H groups in total. The minimum atomic E-state index is -0.545. The number of carbonyl (C=O) groups excluding carboxylic acids is 3. The first-order chi connectivity index (χ1) is 14.0. The van der Waals surface area contributed by atoms with E-state index in [9.17, 15) is 18.8 Å². The van der Waals surface area contributed by atoms with Crippen LogP contribution in [0.2, 0.25) is 0 Å². The van der Waals surface area contributed by atoms with Crippen molar-refractivity contribution in [3.63, 3.8) is 0 Å². The number of anilines is 1. The molecule has 0 saturated heterocycles. The number of fused-ring (bicyclic) bond motifs is 1. The van der Waals surface area contributed by atoms with Crippen molar-refractivity contribution in [3.05, 3.63) is 65.0 Å². The Morgan fingerprint density at radius 3 is 2.45 bits per heavy atom. The van der Waals surface area contributed by atoms with Gasteiger partial charge in [-0.2, -0.15) is 0 Å². The van der Waals surface area contributed by atoms with Gasteiger partial charge in [-0.3, -0.25) is 14.4 Å². The third kappa shape index (κ3) is 6.42. The molecule has 0 unspecified atom stereocenters. The van der Waals surface area contributed by atoms with Crippen LogP contribution in [0.1, 0.15) is 34.3 Å². The molecule has 0 aromatic heterocycles. The normalized spacial score (nSPS) is 12.7. The van der Waals surface area contributed by atoms with Crippen molar-refractivity contribution in [3.8, 4) is 0 Å². The molecule has 3 rings (SSSR count). The lowest BCUT2D eigenvalue weighted by molar-refractivity contribution is -0.139. The van der Waals surface area contributed by atoms with E-state index in [1.54, 1.807) is 6.07 Å². The molecule has 5 nitrogen and oxygen atoms in total. The molecule has 2 aromatic rings. The van der Waals surface area contributed by atoms with Gasteiger partial charge in [0.05, 0.1) is 11.5 Å². The summed E-state index contributed by atoms with van der Waals surface area (Å²) in [4.78, 5) is 35.9. The molecule has 0 bridgehead atoms. The molecule has 0 heterocycles. The number of hydrogen-bond acceptors (Lipinski definition) is 5. The van der Waals surface area contributed by atoms with E-state index >= 15 is 0 Å². The average molecular weight is 415 g/mol. The van der Waals surface area contributed by atoms with E-state index in [4.69, 9.17) is 4.74 Å². The third-order valence-electron chi connectivity index (χ3n) is 4.62. The first kappa shape index (κ1) is 21.0. The Morgan fingerprint density at radius 1 is 0.966 bits per heavy atom. The fourth-order valence-electron chi connectivity index (χ4n) is 3.14. The summed E-state index contributed by atoms with van der Waals surface area (Å²) in [6, 6.07) is 11.1. The highest BCUT2D eigenvalue weighted by Gasteiger charge is 2.15. The number of hydrogen-bond donors (Lipinski definition) is 1. The second-order valence-electron chi connectivity index (χ2n) is 6.82. The van der Waals surface area contributed by atoms with Crippen LogP contribution in [-0.4, -0.2) is 35.8 Å². The van der Waals surface area contributed by atoms with E-state index in [-0.39, 0.29) is 35.6 Å². The van der Waals surface area contributed by atoms with Gasteiger partial charge >= 0.3 is 5.97 Å². The van der Waals surface area contributed by atoms with Gasteiger partial charge in [-0.1, -0.05) is 12.1 Å². The van der Waals surface area contributed by atoms with Crippen molar-refractivity contribution in [2.45, 2.75) is 25.7 Å². The Bertz CT molecular complexity index is 898. The number of benzene rings is 2. The Hall–Kier alpha value is -2.67. The molecule has 1 aliphatic carbocycles. The van der Waals surface area contributed by atoms with Crippen LogP contribution < -0.4 is 5.32 Å². The molecule has 1 amide bonds. The Labute approximate surface area is 173 Å². The molecule has 0 radical (unpaired) electrons. The van der Waals surface area contributed by atoms with Crippen LogP contribution in [0.3, 0.4) is 0 Å². The number of amides is 1. The third-order valence-corrected chi connectivity index (χ3v) is 5.52. The lowest BCUT2D eigenvalue weighted by Crippen LogP contribution is -2.18. The Balaban J connectivity index is 1.36. The molecule has 0 spiro atoms. The summed E-state index contributed by atoms with van der Waals surface area (Å²) in [7, 11) is 0. The van der Waals surface area contributed by atoms with Crippen molar-refractivity contribution in [2.24, 2.45) is 0 Å². The second-order valence-corrected chi connectivity index (χ2v) is 7.81. The van der Waals surface area contributed by atoms with Crippen molar-refractivity contribution in [1.29, 1.82) is 0 Å². The minimum absolute atomic E-state index is 0.0334. The summed E-state index contributed by atoms with van der Waals surface area (Å²) in [5.74, 6) is -1.45. The molecular formula is C22H22FNO4S. The predicted molar refractivity (Wildman–Crippen MR) is 111 cm³/mol. The summed E-state index contributed by atoms with van der Waals surface area (Å²) in [5, 5.41) is 2.61. The quantitative estimate of drug-likeness (QED) is 0.524. The standard InChI is InChI=1S/C22H22FNO4S/c23-18-7-9-19(10-8-18)24-21(26)13-29-14-22(27)28-12-20(25)17-6-5-15-3-1-2-4-16(15)11-17/h5-11H,1-4,12-14H2,(H,24,26). The lowest BCUT2D eigenvalue weighted by atomic mass is 9.90. The molecule has 0 aliphatic heterocycles. The van der Waals surface area contributed by atoms with Gasteiger partial charge < -0.3 is 10.1 Å². The van der Waals surface area contributed by atoms with Crippen molar-refractivity contribution < 1.29 is 23.5 Å². The highest BCUT2D eigenvalue weighted by Crippen LogP contribution is 2.22. The predicted octanol–water partition coefficient (Wildman–Crippen LogP) is 3.80. The van der Waals surface area contributed by atoms with Gasteiger partial charge in [0.1, 0.15) is 5.82 Å². The zero-order valence-electron chi connectivity index (χ0n) is 15.9. The summed E-state index contributed by atoms with van der Waals surface area (Å²) in [5.41, 5.74) is 3.54. The molecule has 2 aromatic carbocycles. The number of nitrogens with one attached hydrogen (secondary N) is 1. The molecule has 152 valence electrons. The van der Waals surface area contributed by atoms with Gasteiger partial charge in [0.2, 0.25) is 5.91 Å². The smallest absolute Gasteiger partial charge is 0.316 e. The number of esters is 1. The van der Waals surface area contributed by atoms with Crippen molar-refractivity contribution in [2.75, 3.05) is 23.4 Å². The van der Waals surface area contributed by atoms with Crippen molar-refractivity contribution in [1.82, 2.24) is 0 Å². The second kappa shape index (κ2) is 10.2. The number of halogens is 1. The van der Waals surface area contributed by atoms with Gasteiger partial charge in [0, 0.05) is 11.3 Å². The SMILES string of the molecule is O=C(CSCC(=O)OCC(=O)c1ccc2c(c1)CCCC2)Nc1ccc(F)cc1. The van der Waals surface area contributed by atoms with Crippen molar-refractivity contribution >= 4 is 35.1 Å². The van der Waals surface area contributed by atoms with E-state index in [2.05, 4.69) is 5.32 Å². The summed E-state index contributed by atoms with van der Waals surface area (Å²) in [6.07, 6.45) is 4.33. The first-order valence-electron chi connectivity index (χ1n) is 9.45. The number of thioether (sulfide) groups is 1. The summed E-state index contributed by atoms with van der Waals surface area (Å²) >= 11 is 1.09. The average Bonchev–Trinajstić information content (AvgIpc) is 2.73. The molecule has 0 atom stereocenters. The lowest BCUT2D eigenvalue weighted by Gasteiger charge is -2.16. The molecule has 0 fully saturated rings. The molecule has 29 heavy (non-hydrogen) atoms. The van der Waals surface area contributed by atoms with Crippen LogP contribution in [0.4, 0.5) is 10.1 Å². The number of carbonyl (C=O) groups is 3. The number of aryl methyl sites for hydroxylation is 2. The van der Waals surface area contributed by atoms with Crippen LogP contribution in [0.15, 0.2) is 42.5 Å². The molecular weight excluding hydrogens is 393 g/mol. The summed E-state index contributed by atoms with van der Waals surface area (Å²) < 4.78 is 17.9. The fourth-order valence-corrected chi connectivity index (χ4v) is 3.74. The molecule has 0 saturated carbocycles. The molecule has 1 aliphatic rings. The summed E-state index contributed by atoms with van der Waals surface area (Å²) in [6.45, 7) is -0.306. The monoisotopic (exact) mass is 415 g/mol. The highest BCUT2D eigenvalue weighted by molar-refractivity contribution is 8.00. The van der Waals surface area contributed by atoms with Crippen LogP contribution >= 0.6 is 11.8 Å². The Kier molecular flexibility index (Phi) is 7.41. The molecule has 7 heteroatoms. The zero-order valence-corrected chi connectivity index (χ0v) is 16.7. The van der Waals surface area contributed by atoms with Crippen LogP contribution in [0.5, 0.6) is 0 Å². The maximum absolute atomic E-state index is 12.8. The topological polar surface area (TPSA) is 72.5 Å². The Morgan fingerprint density at radius 2 is 1.69 bits per heavy atom. The van der Waals surface area contributed by atoms with E-state index in [1.807, 2.05) is 12.1 Å². The van der Waals surface area contributed by atoms with Gasteiger partial charge in [0.15, 0.2) is 12.4 Å². The fraction of sp³-hybridized carbons (Fsp3) is 0.318. The van der Waals surface area contributed by atoms with E-state index < -0.39 is 5.97 Å². The number of rotatable bonds is 8. The van der Waals surface area contributed by atoms with Crippen LogP contribution in [0, 0.1) is 5.82 Å². The minimum Gasteiger partial charge on any atom is -0.457 e. The first-order valence-corrected chi connectivity index (χ1v) is 10.6. The maximum Gasteiger partial charge on any atom is 0.316 e. The highest BCUT2D eigenvalue weighted by atomic mass is 32.2. The van der Waals surface area contributed by atoms with E-state index in [1.165, 1.54) is 41.8 Å². The van der Waals surface area contributed by atoms with E-state index in [0.29, 0.717) is 11.3 Å². The van der Waals surface area contributed by atoms with Gasteiger partial charge in [0.25, 0.3) is 0 Å². The van der Waals surface area contributed by atoms with Gasteiger partial charge in [-0.15, -0.1) is 11.8 Å². The van der Waals surface area contributed by atoms with Crippen LogP contribution in [0.25, 0.3) is 0 Å². The van der Waals surface area contributed by atoms with Gasteiger partial charge in [-0.25, -0.2) is 4.39 Å². The largest absolute Gasteiger partial charge is 0.457 e. The number of ether oxygens (including phenoxy) is 1. The van der Waals surface area contributed by atoms with Crippen LogP contribution in [-0.2, 0) is 27.2 Å². The number of Topliss-reactive ketones (excluding diaryl/α,β-unsaturated/α-hetero) is 1.